The van der Waals surface area contributed by atoms with E-state index in [-0.39, 0.29) is 12.0 Å². The summed E-state index contributed by atoms with van der Waals surface area (Å²) in [5.74, 6) is 0.719. The highest BCUT2D eigenvalue weighted by Crippen LogP contribution is 2.17. The van der Waals surface area contributed by atoms with Crippen LogP contribution in [-0.4, -0.2) is 43.8 Å². The zero-order valence-electron chi connectivity index (χ0n) is 21.2. The van der Waals surface area contributed by atoms with Crippen LogP contribution in [0.5, 0.6) is 5.75 Å². The van der Waals surface area contributed by atoms with Gasteiger partial charge in [-0.2, -0.15) is 0 Å². The Morgan fingerprint density at radius 1 is 0.818 bits per heavy atom. The van der Waals surface area contributed by atoms with E-state index in [0.29, 0.717) is 24.1 Å². The van der Waals surface area contributed by atoms with E-state index >= 15 is 0 Å². The molecule has 0 amide bonds. The van der Waals surface area contributed by atoms with Crippen molar-refractivity contribution in [2.75, 3.05) is 27.3 Å². The summed E-state index contributed by atoms with van der Waals surface area (Å²) in [5, 5.41) is 0. The first kappa shape index (κ1) is 26.9. The lowest BCUT2D eigenvalue weighted by molar-refractivity contribution is -0.917. The van der Waals surface area contributed by atoms with Crippen LogP contribution in [0.2, 0.25) is 0 Å². The van der Waals surface area contributed by atoms with Gasteiger partial charge in [0, 0.05) is 12.0 Å². The zero-order valence-corrected chi connectivity index (χ0v) is 21.2. The number of ether oxygens (including phenoxy) is 2. The summed E-state index contributed by atoms with van der Waals surface area (Å²) in [4.78, 5) is 12.5. The Labute approximate surface area is 201 Å². The Balaban J connectivity index is 1.61. The Morgan fingerprint density at radius 3 is 2.18 bits per heavy atom. The van der Waals surface area contributed by atoms with Gasteiger partial charge in [-0.05, 0) is 37.5 Å². The largest absolute Gasteiger partial charge is 0.493 e. The molecule has 0 radical (unpaired) electrons. The van der Waals surface area contributed by atoms with Gasteiger partial charge >= 0.3 is 5.97 Å². The lowest BCUT2D eigenvalue weighted by Gasteiger charge is -2.34. The summed E-state index contributed by atoms with van der Waals surface area (Å²) in [6.45, 7) is 5.90. The molecule has 0 saturated carbocycles. The lowest BCUT2D eigenvalue weighted by Crippen LogP contribution is -2.51. The Kier molecular flexibility index (Phi) is 12.0. The van der Waals surface area contributed by atoms with Gasteiger partial charge in [-0.15, -0.1) is 0 Å². The monoisotopic (exact) mass is 454 g/mol. The molecule has 0 heterocycles. The standard InChI is InChI=1S/C29H44NO3/c1-5-6-7-8-9-11-15-26-18-20-28(21-19-26)32-22-14-23-33-29(31)25(2)30(3,4)24-27-16-12-10-13-17-27/h10,12-13,16-21,25H,5-9,11,14-15,22-24H2,1-4H3/q+1. The second-order valence-corrected chi connectivity index (χ2v) is 9.63. The number of unbranched alkanes of at least 4 members (excludes halogenated alkanes) is 5. The number of carbonyl (C=O) groups excluding carboxylic acids is 1. The number of hydrogen-bond acceptors (Lipinski definition) is 3. The summed E-state index contributed by atoms with van der Waals surface area (Å²) in [7, 11) is 4.14. The number of likely N-dealkylation sites (N-methyl/N-ethyl adjacent to an activating group) is 1. The molecule has 1 unspecified atom stereocenters. The van der Waals surface area contributed by atoms with Crippen molar-refractivity contribution in [3.63, 3.8) is 0 Å². The van der Waals surface area contributed by atoms with Gasteiger partial charge < -0.3 is 14.0 Å². The maximum Gasteiger partial charge on any atom is 0.364 e. The van der Waals surface area contributed by atoms with Crippen LogP contribution in [0.3, 0.4) is 0 Å². The molecule has 0 saturated heterocycles. The number of aryl methyl sites for hydroxylation is 1. The molecule has 33 heavy (non-hydrogen) atoms. The third-order valence-corrected chi connectivity index (χ3v) is 6.37. The fourth-order valence-electron chi connectivity index (χ4n) is 3.88. The van der Waals surface area contributed by atoms with Gasteiger partial charge in [0.25, 0.3) is 0 Å². The predicted molar refractivity (Wildman–Crippen MR) is 136 cm³/mol. The number of esters is 1. The molecule has 0 aromatic heterocycles. The van der Waals surface area contributed by atoms with Crippen molar-refractivity contribution in [1.29, 1.82) is 0 Å². The van der Waals surface area contributed by atoms with Crippen molar-refractivity contribution in [2.45, 2.75) is 77.8 Å². The van der Waals surface area contributed by atoms with Crippen molar-refractivity contribution in [3.8, 4) is 5.75 Å². The summed E-state index contributed by atoms with van der Waals surface area (Å²) >= 11 is 0. The van der Waals surface area contributed by atoms with Gasteiger partial charge in [0.05, 0.1) is 27.3 Å². The van der Waals surface area contributed by atoms with E-state index < -0.39 is 0 Å². The maximum absolute atomic E-state index is 12.5. The van der Waals surface area contributed by atoms with Crippen molar-refractivity contribution < 1.29 is 18.8 Å². The van der Waals surface area contributed by atoms with Gasteiger partial charge in [-0.3, -0.25) is 0 Å². The number of carbonyl (C=O) groups is 1. The van der Waals surface area contributed by atoms with Crippen LogP contribution in [-0.2, 0) is 22.5 Å². The molecule has 4 nitrogen and oxygen atoms in total. The molecular formula is C29H44NO3+. The van der Waals surface area contributed by atoms with Crippen LogP contribution in [0.1, 0.15) is 69.9 Å². The van der Waals surface area contributed by atoms with E-state index in [4.69, 9.17) is 9.47 Å². The first-order valence-corrected chi connectivity index (χ1v) is 12.7. The van der Waals surface area contributed by atoms with Crippen LogP contribution in [0, 0.1) is 0 Å². The highest BCUT2D eigenvalue weighted by molar-refractivity contribution is 5.74. The van der Waals surface area contributed by atoms with Crippen molar-refractivity contribution in [3.05, 3.63) is 65.7 Å². The van der Waals surface area contributed by atoms with Gasteiger partial charge in [0.15, 0.2) is 6.04 Å². The zero-order chi connectivity index (χ0) is 23.9. The minimum absolute atomic E-state index is 0.157. The van der Waals surface area contributed by atoms with Crippen LogP contribution >= 0.6 is 0 Å². The number of benzene rings is 2. The number of quaternary nitrogens is 1. The van der Waals surface area contributed by atoms with Crippen molar-refractivity contribution in [1.82, 2.24) is 0 Å². The predicted octanol–water partition coefficient (Wildman–Crippen LogP) is 6.57. The summed E-state index contributed by atoms with van der Waals surface area (Å²) in [5.41, 5.74) is 2.59. The molecule has 2 rings (SSSR count). The summed E-state index contributed by atoms with van der Waals surface area (Å²) < 4.78 is 11.9. The Hall–Kier alpha value is -2.33. The minimum atomic E-state index is -0.231. The molecule has 0 aliphatic rings. The Morgan fingerprint density at radius 2 is 1.48 bits per heavy atom. The maximum atomic E-state index is 12.5. The molecule has 0 aliphatic carbocycles. The van der Waals surface area contributed by atoms with E-state index in [2.05, 4.69) is 45.3 Å². The molecule has 1 atom stereocenters. The summed E-state index contributed by atoms with van der Waals surface area (Å²) in [6, 6.07) is 18.4. The second kappa shape index (κ2) is 14.7. The van der Waals surface area contributed by atoms with Gasteiger partial charge in [0.1, 0.15) is 12.3 Å². The third kappa shape index (κ3) is 10.4. The van der Waals surface area contributed by atoms with Crippen molar-refractivity contribution >= 4 is 5.97 Å². The quantitative estimate of drug-likeness (QED) is 0.163. The van der Waals surface area contributed by atoms with Crippen LogP contribution in [0.15, 0.2) is 54.6 Å². The average molecular weight is 455 g/mol. The van der Waals surface area contributed by atoms with Crippen molar-refractivity contribution in [2.24, 2.45) is 0 Å². The average Bonchev–Trinajstić information content (AvgIpc) is 2.81. The SMILES string of the molecule is CCCCCCCCc1ccc(OCCCOC(=O)C(C)[N+](C)(C)Cc2ccccc2)cc1. The number of rotatable bonds is 16. The van der Waals surface area contributed by atoms with E-state index in [1.807, 2.05) is 37.3 Å². The first-order valence-electron chi connectivity index (χ1n) is 12.7. The number of hydrogen-bond donors (Lipinski definition) is 0. The van der Waals surface area contributed by atoms with E-state index in [1.165, 1.54) is 49.7 Å². The lowest BCUT2D eigenvalue weighted by atomic mass is 10.0. The molecule has 182 valence electrons. The second-order valence-electron chi connectivity index (χ2n) is 9.63. The molecule has 2 aromatic carbocycles. The minimum Gasteiger partial charge on any atom is -0.493 e. The van der Waals surface area contributed by atoms with Crippen LogP contribution in [0.25, 0.3) is 0 Å². The molecule has 0 bridgehead atoms. The van der Waals surface area contributed by atoms with Crippen LogP contribution in [0.4, 0.5) is 0 Å². The molecule has 0 aliphatic heterocycles. The molecule has 0 spiro atoms. The fraction of sp³-hybridized carbons (Fsp3) is 0.552. The topological polar surface area (TPSA) is 35.5 Å². The van der Waals surface area contributed by atoms with E-state index in [1.54, 1.807) is 0 Å². The smallest absolute Gasteiger partial charge is 0.364 e. The van der Waals surface area contributed by atoms with E-state index in [0.717, 1.165) is 18.7 Å². The molecule has 0 fully saturated rings. The van der Waals surface area contributed by atoms with Gasteiger partial charge in [-0.25, -0.2) is 4.79 Å². The first-order chi connectivity index (χ1) is 15.9. The molecule has 0 N–H and O–H groups in total. The molecule has 4 heteroatoms. The van der Waals surface area contributed by atoms with Crippen LogP contribution < -0.4 is 4.74 Å². The fourth-order valence-corrected chi connectivity index (χ4v) is 3.88. The summed E-state index contributed by atoms with van der Waals surface area (Å²) in [6.07, 6.45) is 9.77. The normalized spacial score (nSPS) is 12.4. The Bertz CT molecular complexity index is 786. The van der Waals surface area contributed by atoms with E-state index in [9.17, 15) is 4.79 Å². The highest BCUT2D eigenvalue weighted by atomic mass is 16.5. The highest BCUT2D eigenvalue weighted by Gasteiger charge is 2.32. The van der Waals surface area contributed by atoms with Gasteiger partial charge in [-0.1, -0.05) is 81.5 Å². The van der Waals surface area contributed by atoms with Gasteiger partial charge in [0.2, 0.25) is 0 Å². The third-order valence-electron chi connectivity index (χ3n) is 6.37. The molecular weight excluding hydrogens is 410 g/mol. The molecule has 2 aromatic rings. The number of nitrogens with zero attached hydrogens (tertiary/aromatic N) is 1.